The summed E-state index contributed by atoms with van der Waals surface area (Å²) in [5.74, 6) is -0.0248. The van der Waals surface area contributed by atoms with Gasteiger partial charge in [-0.1, -0.05) is 29.8 Å². The second-order valence-electron chi connectivity index (χ2n) is 7.73. The monoisotopic (exact) mass is 420 g/mol. The predicted molar refractivity (Wildman–Crippen MR) is 121 cm³/mol. The Morgan fingerprint density at radius 3 is 2.57 bits per heavy atom. The summed E-state index contributed by atoms with van der Waals surface area (Å²) in [7, 11) is 2.01. The largest absolute Gasteiger partial charge is 0.324 e. The summed E-state index contributed by atoms with van der Waals surface area (Å²) < 4.78 is 3.06. The van der Waals surface area contributed by atoms with E-state index in [2.05, 4.69) is 40.5 Å². The second-order valence-corrected chi connectivity index (χ2v) is 8.84. The molecule has 154 valence electrons. The Labute approximate surface area is 180 Å². The highest BCUT2D eigenvalue weighted by Gasteiger charge is 2.18. The average Bonchev–Trinajstić information content (AvgIpc) is 3.23. The summed E-state index contributed by atoms with van der Waals surface area (Å²) >= 11 is 1.69. The van der Waals surface area contributed by atoms with Crippen molar-refractivity contribution in [2.45, 2.75) is 27.3 Å². The molecule has 0 aliphatic rings. The van der Waals surface area contributed by atoms with Crippen LogP contribution in [0.4, 0.5) is 5.69 Å². The number of fused-ring (bicyclic) bond motifs is 1. The summed E-state index contributed by atoms with van der Waals surface area (Å²) in [4.78, 5) is 18.5. The number of hydrogen-bond acceptors (Lipinski definition) is 4. The highest BCUT2D eigenvalue weighted by Crippen LogP contribution is 2.23. The normalized spacial score (nSPS) is 12.3. The van der Waals surface area contributed by atoms with Crippen LogP contribution >= 0.6 is 11.3 Å². The molecule has 6 nitrogen and oxygen atoms in total. The lowest BCUT2D eigenvalue weighted by Crippen LogP contribution is -3.08. The molecule has 0 fully saturated rings. The van der Waals surface area contributed by atoms with Crippen molar-refractivity contribution in [3.05, 3.63) is 70.5 Å². The topological polar surface area (TPSA) is 64.2 Å². The number of nitrogens with zero attached hydrogens (tertiary/aromatic N) is 3. The molecular formula is C23H26N5OS+. The van der Waals surface area contributed by atoms with Gasteiger partial charge in [0.1, 0.15) is 11.6 Å². The van der Waals surface area contributed by atoms with E-state index in [1.807, 2.05) is 55.9 Å². The van der Waals surface area contributed by atoms with Gasteiger partial charge >= 0.3 is 0 Å². The van der Waals surface area contributed by atoms with E-state index in [0.29, 0.717) is 13.1 Å². The third-order valence-corrected chi connectivity index (χ3v) is 6.12. The van der Waals surface area contributed by atoms with Crippen LogP contribution in [-0.2, 0) is 11.3 Å². The van der Waals surface area contributed by atoms with Gasteiger partial charge in [-0.25, -0.2) is 9.67 Å². The van der Waals surface area contributed by atoms with Crippen LogP contribution in [0.15, 0.2) is 48.5 Å². The first-order chi connectivity index (χ1) is 14.4. The minimum absolute atomic E-state index is 0.0248. The number of likely N-dealkylation sites (N-methyl/N-ethyl adjacent to an activating group) is 1. The summed E-state index contributed by atoms with van der Waals surface area (Å²) in [5, 5.41) is 8.73. The molecule has 0 saturated heterocycles. The van der Waals surface area contributed by atoms with Crippen LogP contribution in [0.1, 0.15) is 22.0 Å². The Bertz CT molecular complexity index is 1160. The van der Waals surface area contributed by atoms with Gasteiger partial charge < -0.3 is 10.2 Å². The summed E-state index contributed by atoms with van der Waals surface area (Å²) in [6.07, 6.45) is 0. The molecule has 2 N–H and O–H groups in total. The molecule has 4 rings (SSSR count). The number of aromatic nitrogens is 3. The van der Waals surface area contributed by atoms with Crippen molar-refractivity contribution in [3.63, 3.8) is 0 Å². The molecule has 0 saturated carbocycles. The van der Waals surface area contributed by atoms with E-state index < -0.39 is 0 Å². The number of hydrogen-bond donors (Lipinski definition) is 2. The molecule has 2 heterocycles. The number of para-hydroxylation sites is 1. The molecule has 2 aromatic heterocycles. The van der Waals surface area contributed by atoms with E-state index >= 15 is 0 Å². The Hall–Kier alpha value is -3.03. The molecule has 0 radical (unpaired) electrons. The molecule has 1 amide bonds. The fourth-order valence-corrected chi connectivity index (χ4v) is 4.62. The van der Waals surface area contributed by atoms with Crippen LogP contribution in [0.3, 0.4) is 0 Å². The standard InChI is InChI=1S/C23H25N5OS/c1-15-9-11-18(12-10-15)28-17(3)23(16(2)26-28)25-21(29)13-27(4)14-22-24-19-7-5-6-8-20(19)30-22/h5-12H,13-14H2,1-4H3,(H,25,29)/p+1. The number of aryl methyl sites for hydroxylation is 2. The summed E-state index contributed by atoms with van der Waals surface area (Å²) in [5.41, 5.74) is 5.73. The maximum absolute atomic E-state index is 12.7. The van der Waals surface area contributed by atoms with Crippen LogP contribution in [-0.4, -0.2) is 34.3 Å². The third kappa shape index (κ3) is 4.27. The maximum atomic E-state index is 12.7. The average molecular weight is 421 g/mol. The van der Waals surface area contributed by atoms with Gasteiger partial charge in [-0.05, 0) is 45.0 Å². The number of anilines is 1. The van der Waals surface area contributed by atoms with Gasteiger partial charge in [-0.15, -0.1) is 11.3 Å². The third-order valence-electron chi connectivity index (χ3n) is 5.09. The number of carbonyl (C=O) groups is 1. The Morgan fingerprint density at radius 1 is 1.10 bits per heavy atom. The van der Waals surface area contributed by atoms with Crippen LogP contribution in [0.5, 0.6) is 0 Å². The zero-order chi connectivity index (χ0) is 21.3. The van der Waals surface area contributed by atoms with E-state index in [9.17, 15) is 4.79 Å². The first-order valence-electron chi connectivity index (χ1n) is 9.99. The molecule has 2 aromatic carbocycles. The van der Waals surface area contributed by atoms with E-state index in [-0.39, 0.29) is 5.91 Å². The van der Waals surface area contributed by atoms with Gasteiger partial charge in [0.25, 0.3) is 5.91 Å². The van der Waals surface area contributed by atoms with E-state index in [1.54, 1.807) is 11.3 Å². The molecule has 7 heteroatoms. The molecule has 0 aliphatic carbocycles. The van der Waals surface area contributed by atoms with E-state index in [0.717, 1.165) is 38.2 Å². The Morgan fingerprint density at radius 2 is 1.83 bits per heavy atom. The van der Waals surface area contributed by atoms with E-state index in [1.165, 1.54) is 10.3 Å². The molecule has 1 unspecified atom stereocenters. The highest BCUT2D eigenvalue weighted by atomic mass is 32.1. The van der Waals surface area contributed by atoms with Crippen molar-refractivity contribution in [1.82, 2.24) is 14.8 Å². The predicted octanol–water partition coefficient (Wildman–Crippen LogP) is 3.06. The number of rotatable bonds is 6. The fraction of sp³-hybridized carbons (Fsp3) is 0.261. The lowest BCUT2D eigenvalue weighted by atomic mass is 10.2. The van der Waals surface area contributed by atoms with Gasteiger partial charge in [-0.3, -0.25) is 4.79 Å². The minimum Gasteiger partial charge on any atom is -0.324 e. The van der Waals surface area contributed by atoms with Gasteiger partial charge in [0.15, 0.2) is 6.54 Å². The molecule has 30 heavy (non-hydrogen) atoms. The zero-order valence-electron chi connectivity index (χ0n) is 17.7. The number of quaternary nitrogens is 1. The lowest BCUT2D eigenvalue weighted by molar-refractivity contribution is -0.885. The minimum atomic E-state index is -0.0248. The van der Waals surface area contributed by atoms with E-state index in [4.69, 9.17) is 0 Å². The number of thiazole rings is 1. The molecule has 1 atom stereocenters. The number of amides is 1. The van der Waals surface area contributed by atoms with Crippen molar-refractivity contribution in [2.24, 2.45) is 0 Å². The molecule has 0 aliphatic heterocycles. The molecule has 0 spiro atoms. The van der Waals surface area contributed by atoms with Gasteiger partial charge in [-0.2, -0.15) is 5.10 Å². The second kappa shape index (κ2) is 8.38. The van der Waals surface area contributed by atoms with Crippen molar-refractivity contribution in [1.29, 1.82) is 0 Å². The SMILES string of the molecule is Cc1ccc(-n2nc(C)c(NC(=O)C[NH+](C)Cc3nc4ccccc4s3)c2C)cc1. The number of benzene rings is 2. The lowest BCUT2D eigenvalue weighted by Gasteiger charge is -2.12. The van der Waals surface area contributed by atoms with Crippen LogP contribution < -0.4 is 10.2 Å². The van der Waals surface area contributed by atoms with Gasteiger partial charge in [0.2, 0.25) is 0 Å². The molecule has 0 bridgehead atoms. The van der Waals surface area contributed by atoms with Crippen LogP contribution in [0.25, 0.3) is 15.9 Å². The first kappa shape index (κ1) is 20.3. The summed E-state index contributed by atoms with van der Waals surface area (Å²) in [6.45, 7) is 7.04. The molecular weight excluding hydrogens is 394 g/mol. The Kier molecular flexibility index (Phi) is 5.65. The summed E-state index contributed by atoms with van der Waals surface area (Å²) in [6, 6.07) is 16.3. The quantitative estimate of drug-likeness (QED) is 0.504. The zero-order valence-corrected chi connectivity index (χ0v) is 18.5. The van der Waals surface area contributed by atoms with Gasteiger partial charge in [0.05, 0.1) is 40.0 Å². The Balaban J connectivity index is 1.42. The number of nitrogens with one attached hydrogen (secondary N) is 2. The number of carbonyl (C=O) groups excluding carboxylic acids is 1. The molecule has 4 aromatic rings. The van der Waals surface area contributed by atoms with Crippen molar-refractivity contribution < 1.29 is 9.69 Å². The van der Waals surface area contributed by atoms with Crippen molar-refractivity contribution in [3.8, 4) is 5.69 Å². The van der Waals surface area contributed by atoms with Gasteiger partial charge in [0, 0.05) is 0 Å². The van der Waals surface area contributed by atoms with Crippen LogP contribution in [0, 0.1) is 20.8 Å². The fourth-order valence-electron chi connectivity index (χ4n) is 3.53. The maximum Gasteiger partial charge on any atom is 0.279 e. The first-order valence-corrected chi connectivity index (χ1v) is 10.8. The smallest absolute Gasteiger partial charge is 0.279 e. The van der Waals surface area contributed by atoms with Crippen LogP contribution in [0.2, 0.25) is 0 Å². The highest BCUT2D eigenvalue weighted by molar-refractivity contribution is 7.18. The van der Waals surface area contributed by atoms with Crippen molar-refractivity contribution in [2.75, 3.05) is 18.9 Å². The van der Waals surface area contributed by atoms with Crippen molar-refractivity contribution >= 4 is 33.1 Å².